The number of nitro benzene ring substituents is 1. The molecule has 0 unspecified atom stereocenters. The summed E-state index contributed by atoms with van der Waals surface area (Å²) < 4.78 is 16.2. The van der Waals surface area contributed by atoms with Crippen molar-refractivity contribution in [3.8, 4) is 17.2 Å². The Bertz CT molecular complexity index is 1370. The highest BCUT2D eigenvalue weighted by molar-refractivity contribution is 7.09. The number of methoxy groups -OCH3 is 3. The SMILES string of the molecule is COc1ccc(C(=O)N2CCC(c3nc(C(=O)N(C)CCc4ccc([N+](=O)[O-])cc4)cs3)CC2)c(OC)c1OC. The van der Waals surface area contributed by atoms with Gasteiger partial charge in [0.25, 0.3) is 17.5 Å². The Kier molecular flexibility index (Phi) is 9.20. The second kappa shape index (κ2) is 12.8. The first-order valence-corrected chi connectivity index (χ1v) is 13.7. The number of non-ortho nitro benzene ring substituents is 1. The number of likely N-dealkylation sites (N-methyl/N-ethyl adjacent to an activating group) is 1. The molecule has 1 saturated heterocycles. The summed E-state index contributed by atoms with van der Waals surface area (Å²) >= 11 is 1.47. The van der Waals surface area contributed by atoms with Crippen molar-refractivity contribution in [1.29, 1.82) is 0 Å². The molecule has 3 aromatic rings. The van der Waals surface area contributed by atoms with E-state index in [-0.39, 0.29) is 23.4 Å². The Hall–Kier alpha value is -4.19. The lowest BCUT2D eigenvalue weighted by Crippen LogP contribution is -2.38. The number of thiazole rings is 1. The summed E-state index contributed by atoms with van der Waals surface area (Å²) in [4.78, 5) is 44.7. The van der Waals surface area contributed by atoms with E-state index in [1.165, 1.54) is 44.8 Å². The number of rotatable bonds is 10. The van der Waals surface area contributed by atoms with Crippen LogP contribution in [0.5, 0.6) is 17.2 Å². The van der Waals surface area contributed by atoms with Gasteiger partial charge in [0.2, 0.25) is 5.75 Å². The first-order chi connectivity index (χ1) is 19.3. The second-order valence-corrected chi connectivity index (χ2v) is 10.3. The maximum atomic E-state index is 13.3. The van der Waals surface area contributed by atoms with Crippen LogP contribution in [0, 0.1) is 10.1 Å². The number of hydrogen-bond donors (Lipinski definition) is 0. The number of nitrogens with zero attached hydrogens (tertiary/aromatic N) is 4. The van der Waals surface area contributed by atoms with Gasteiger partial charge in [0.05, 0.1) is 36.8 Å². The van der Waals surface area contributed by atoms with Gasteiger partial charge in [-0.2, -0.15) is 0 Å². The van der Waals surface area contributed by atoms with E-state index in [9.17, 15) is 19.7 Å². The van der Waals surface area contributed by atoms with Crippen LogP contribution in [-0.4, -0.2) is 79.5 Å². The van der Waals surface area contributed by atoms with E-state index < -0.39 is 4.92 Å². The smallest absolute Gasteiger partial charge is 0.273 e. The monoisotopic (exact) mass is 568 g/mol. The molecule has 212 valence electrons. The van der Waals surface area contributed by atoms with Gasteiger partial charge >= 0.3 is 0 Å². The molecule has 1 aromatic heterocycles. The maximum absolute atomic E-state index is 13.3. The van der Waals surface area contributed by atoms with Crippen molar-refractivity contribution < 1.29 is 28.7 Å². The average Bonchev–Trinajstić information content (AvgIpc) is 3.48. The molecule has 1 aliphatic heterocycles. The standard InChI is InChI=1S/C28H32N4O7S/c1-30(14-11-18-5-7-20(8-6-18)32(35)36)28(34)22-17-40-26(29-22)19-12-15-31(16-13-19)27(33)21-9-10-23(37-2)25(39-4)24(21)38-3/h5-10,17,19H,11-16H2,1-4H3. The quantitative estimate of drug-likeness (QED) is 0.260. The van der Waals surface area contributed by atoms with Crippen molar-refractivity contribution in [3.05, 3.63) is 73.7 Å². The van der Waals surface area contributed by atoms with Gasteiger partial charge in [-0.25, -0.2) is 4.98 Å². The molecule has 4 rings (SSSR count). The van der Waals surface area contributed by atoms with Crippen LogP contribution in [0.1, 0.15) is 50.2 Å². The average molecular weight is 569 g/mol. The van der Waals surface area contributed by atoms with E-state index in [0.717, 1.165) is 23.4 Å². The molecule has 40 heavy (non-hydrogen) atoms. The van der Waals surface area contributed by atoms with Gasteiger partial charge in [-0.05, 0) is 37.0 Å². The molecule has 1 fully saturated rings. The van der Waals surface area contributed by atoms with E-state index in [0.29, 0.717) is 54.6 Å². The molecule has 2 aromatic carbocycles. The highest BCUT2D eigenvalue weighted by Crippen LogP contribution is 2.41. The van der Waals surface area contributed by atoms with E-state index in [1.54, 1.807) is 46.5 Å². The zero-order chi connectivity index (χ0) is 28.8. The fraction of sp³-hybridized carbons (Fsp3) is 0.393. The number of aromatic nitrogens is 1. The van der Waals surface area contributed by atoms with Crippen molar-refractivity contribution in [2.24, 2.45) is 0 Å². The molecule has 0 N–H and O–H groups in total. The highest BCUT2D eigenvalue weighted by atomic mass is 32.1. The topological polar surface area (TPSA) is 124 Å². The van der Waals surface area contributed by atoms with Crippen molar-refractivity contribution in [2.75, 3.05) is 48.0 Å². The summed E-state index contributed by atoms with van der Waals surface area (Å²) in [6, 6.07) is 9.72. The van der Waals surface area contributed by atoms with Gasteiger partial charge in [0, 0.05) is 50.1 Å². The molecule has 2 amide bonds. The van der Waals surface area contributed by atoms with E-state index in [2.05, 4.69) is 4.98 Å². The van der Waals surface area contributed by atoms with Crippen molar-refractivity contribution in [3.63, 3.8) is 0 Å². The Morgan fingerprint density at radius 3 is 2.33 bits per heavy atom. The number of likely N-dealkylation sites (tertiary alicyclic amines) is 1. The Morgan fingerprint density at radius 1 is 1.05 bits per heavy atom. The van der Waals surface area contributed by atoms with Crippen LogP contribution in [0.25, 0.3) is 0 Å². The summed E-state index contributed by atoms with van der Waals surface area (Å²) in [6.45, 7) is 1.57. The Labute approximate surface area is 236 Å². The third-order valence-corrected chi connectivity index (χ3v) is 8.04. The summed E-state index contributed by atoms with van der Waals surface area (Å²) in [5, 5.41) is 13.5. The molecule has 0 saturated carbocycles. The Balaban J connectivity index is 1.33. The normalized spacial score (nSPS) is 13.6. The molecule has 11 nitrogen and oxygen atoms in total. The van der Waals surface area contributed by atoms with Crippen molar-refractivity contribution in [1.82, 2.24) is 14.8 Å². The van der Waals surface area contributed by atoms with E-state index in [1.807, 2.05) is 0 Å². The second-order valence-electron chi connectivity index (χ2n) is 9.42. The highest BCUT2D eigenvalue weighted by Gasteiger charge is 2.30. The number of benzene rings is 2. The molecule has 0 aliphatic carbocycles. The number of piperidine rings is 1. The van der Waals surface area contributed by atoms with Crippen LogP contribution in [0.4, 0.5) is 5.69 Å². The van der Waals surface area contributed by atoms with Crippen molar-refractivity contribution in [2.45, 2.75) is 25.2 Å². The van der Waals surface area contributed by atoms with E-state index >= 15 is 0 Å². The lowest BCUT2D eigenvalue weighted by Gasteiger charge is -2.31. The first-order valence-electron chi connectivity index (χ1n) is 12.8. The van der Waals surface area contributed by atoms with Crippen LogP contribution in [0.3, 0.4) is 0 Å². The zero-order valence-corrected chi connectivity index (χ0v) is 23.7. The van der Waals surface area contributed by atoms with Gasteiger partial charge in [0.1, 0.15) is 5.69 Å². The van der Waals surface area contributed by atoms with Gasteiger partial charge in [0.15, 0.2) is 11.5 Å². The summed E-state index contributed by atoms with van der Waals surface area (Å²) in [5.41, 5.74) is 1.77. The number of ether oxygens (including phenoxy) is 3. The predicted molar refractivity (Wildman–Crippen MR) is 150 cm³/mol. The minimum atomic E-state index is -0.434. The van der Waals surface area contributed by atoms with Gasteiger partial charge < -0.3 is 24.0 Å². The van der Waals surface area contributed by atoms with E-state index in [4.69, 9.17) is 14.2 Å². The molecule has 2 heterocycles. The van der Waals surface area contributed by atoms with Crippen LogP contribution in [0.15, 0.2) is 41.8 Å². The number of carbonyl (C=O) groups is 2. The minimum absolute atomic E-state index is 0.0408. The molecule has 0 radical (unpaired) electrons. The molecule has 12 heteroatoms. The lowest BCUT2D eigenvalue weighted by atomic mass is 9.96. The summed E-state index contributed by atoms with van der Waals surface area (Å²) in [7, 11) is 6.25. The third-order valence-electron chi connectivity index (χ3n) is 7.04. The van der Waals surface area contributed by atoms with Gasteiger partial charge in [-0.1, -0.05) is 12.1 Å². The molecule has 0 spiro atoms. The number of nitro groups is 1. The lowest BCUT2D eigenvalue weighted by molar-refractivity contribution is -0.384. The molecule has 0 atom stereocenters. The Morgan fingerprint density at radius 2 is 1.73 bits per heavy atom. The predicted octanol–water partition coefficient (Wildman–Crippen LogP) is 4.41. The van der Waals surface area contributed by atoms with Crippen LogP contribution >= 0.6 is 11.3 Å². The maximum Gasteiger partial charge on any atom is 0.273 e. The van der Waals surface area contributed by atoms with Crippen LogP contribution in [-0.2, 0) is 6.42 Å². The van der Waals surface area contributed by atoms with Crippen molar-refractivity contribution >= 4 is 28.8 Å². The number of amides is 2. The fourth-order valence-electron chi connectivity index (χ4n) is 4.72. The third kappa shape index (κ3) is 6.17. The summed E-state index contributed by atoms with van der Waals surface area (Å²) in [5.74, 6) is 1.06. The largest absolute Gasteiger partial charge is 0.493 e. The van der Waals surface area contributed by atoms with Gasteiger partial charge in [-0.3, -0.25) is 19.7 Å². The minimum Gasteiger partial charge on any atom is -0.493 e. The van der Waals surface area contributed by atoms with Crippen LogP contribution in [0.2, 0.25) is 0 Å². The number of carbonyl (C=O) groups excluding carboxylic acids is 2. The summed E-state index contributed by atoms with van der Waals surface area (Å²) in [6.07, 6.45) is 2.05. The van der Waals surface area contributed by atoms with Crippen LogP contribution < -0.4 is 14.2 Å². The zero-order valence-electron chi connectivity index (χ0n) is 22.9. The first kappa shape index (κ1) is 28.8. The van der Waals surface area contributed by atoms with Gasteiger partial charge in [-0.15, -0.1) is 11.3 Å². The molecule has 1 aliphatic rings. The fourth-order valence-corrected chi connectivity index (χ4v) is 5.69. The molecule has 0 bridgehead atoms. The molecular weight excluding hydrogens is 536 g/mol. The number of hydrogen-bond acceptors (Lipinski definition) is 9. The molecular formula is C28H32N4O7S.